The van der Waals surface area contributed by atoms with Crippen molar-refractivity contribution < 1.29 is 7.86 Å². The lowest BCUT2D eigenvalue weighted by Gasteiger charge is -2.16. The van der Waals surface area contributed by atoms with Crippen LogP contribution in [-0.2, 0) is 9.29 Å². The molecule has 0 atom stereocenters. The van der Waals surface area contributed by atoms with E-state index in [1.807, 2.05) is 30.3 Å². The molecule has 0 aliphatic heterocycles. The molecule has 1 aromatic rings. The van der Waals surface area contributed by atoms with Gasteiger partial charge in [-0.05, 0) is 50.7 Å². The predicted octanol–water partition coefficient (Wildman–Crippen LogP) is 3.60. The van der Waals surface area contributed by atoms with Gasteiger partial charge in [0.15, 0.2) is 24.4 Å². The van der Waals surface area contributed by atoms with Crippen molar-refractivity contribution in [1.29, 1.82) is 0 Å². The number of halogens is 3. The van der Waals surface area contributed by atoms with E-state index in [9.17, 15) is 4.79 Å². The van der Waals surface area contributed by atoms with Gasteiger partial charge >= 0.3 is 5.97 Å². The highest BCUT2D eigenvalue weighted by molar-refractivity contribution is 14.2. The largest absolute Gasteiger partial charge is 0.393 e. The van der Waals surface area contributed by atoms with E-state index in [1.165, 1.54) is 0 Å². The van der Waals surface area contributed by atoms with Gasteiger partial charge in [-0.15, -0.1) is 0 Å². The number of benzene rings is 1. The molecule has 0 aromatic heterocycles. The second-order valence-electron chi connectivity index (χ2n) is 2.31. The van der Waals surface area contributed by atoms with Crippen LogP contribution in [0.15, 0.2) is 30.3 Å². The minimum absolute atomic E-state index is 0.250. The van der Waals surface area contributed by atoms with Crippen molar-refractivity contribution in [2.75, 3.05) is 0 Å². The van der Waals surface area contributed by atoms with Crippen molar-refractivity contribution in [3.05, 3.63) is 35.9 Å². The normalized spacial score (nSPS) is 11.0. The molecule has 1 rings (SSSR count). The number of carbonyl (C=O) groups is 1. The highest BCUT2D eigenvalue weighted by Gasteiger charge is 2.35. The molecule has 0 heterocycles. The fourth-order valence-electron chi connectivity index (χ4n) is 0.814. The summed E-state index contributed by atoms with van der Waals surface area (Å²) in [4.78, 5) is 11.4. The average molecular weight is 514 g/mol. The Labute approximate surface area is 118 Å². The first-order valence-electron chi connectivity index (χ1n) is 3.35. The van der Waals surface area contributed by atoms with E-state index in [0.29, 0.717) is 0 Å². The molecule has 0 radical (unpaired) electrons. The van der Waals surface area contributed by atoms with E-state index in [1.54, 1.807) is 23.0 Å². The first-order valence-corrected chi connectivity index (χ1v) is 6.39. The first kappa shape index (κ1) is 12.0. The molecule has 0 bridgehead atoms. The SMILES string of the molecule is O=C(OI)C(I)(I)c1ccccc1. The minimum atomic E-state index is -0.627. The van der Waals surface area contributed by atoms with Crippen LogP contribution >= 0.6 is 68.2 Å². The highest BCUT2D eigenvalue weighted by atomic mass is 127. The summed E-state index contributed by atoms with van der Waals surface area (Å²) in [5, 5.41) is 0. The zero-order valence-corrected chi connectivity index (χ0v) is 12.8. The molecule has 0 saturated carbocycles. The molecule has 70 valence electrons. The van der Waals surface area contributed by atoms with Crippen LogP contribution in [0.25, 0.3) is 0 Å². The van der Waals surface area contributed by atoms with Crippen LogP contribution in [-0.4, -0.2) is 5.97 Å². The summed E-state index contributed by atoms with van der Waals surface area (Å²) in [6, 6.07) is 9.55. The Balaban J connectivity index is 3.00. The molecular weight excluding hydrogens is 509 g/mol. The van der Waals surface area contributed by atoms with Crippen LogP contribution in [0.2, 0.25) is 0 Å². The van der Waals surface area contributed by atoms with Crippen LogP contribution in [0.4, 0.5) is 0 Å². The molecule has 0 amide bonds. The fourth-order valence-corrected chi connectivity index (χ4v) is 2.93. The van der Waals surface area contributed by atoms with Crippen molar-refractivity contribution in [2.24, 2.45) is 0 Å². The van der Waals surface area contributed by atoms with Gasteiger partial charge in [0.05, 0.1) is 0 Å². The Morgan fingerprint density at radius 3 is 2.23 bits per heavy atom. The van der Waals surface area contributed by atoms with E-state index in [2.05, 4.69) is 48.2 Å². The van der Waals surface area contributed by atoms with Gasteiger partial charge in [0.2, 0.25) is 0 Å². The molecule has 0 unspecified atom stereocenters. The maximum Gasteiger partial charge on any atom is 0.346 e. The Bertz CT molecular complexity index is 298. The predicted molar refractivity (Wildman–Crippen MR) is 76.3 cm³/mol. The van der Waals surface area contributed by atoms with Crippen LogP contribution < -0.4 is 0 Å². The summed E-state index contributed by atoms with van der Waals surface area (Å²) in [5.74, 6) is -0.250. The van der Waals surface area contributed by atoms with Gasteiger partial charge in [-0.25, -0.2) is 4.79 Å². The fraction of sp³-hybridized carbons (Fsp3) is 0.125. The maximum absolute atomic E-state index is 11.4. The lowest BCUT2D eigenvalue weighted by molar-refractivity contribution is -0.130. The van der Waals surface area contributed by atoms with E-state index in [-0.39, 0.29) is 5.97 Å². The molecule has 0 fully saturated rings. The van der Waals surface area contributed by atoms with Crippen LogP contribution in [0.5, 0.6) is 0 Å². The Kier molecular flexibility index (Phi) is 4.69. The second kappa shape index (κ2) is 5.10. The van der Waals surface area contributed by atoms with Gasteiger partial charge in [0.1, 0.15) is 0 Å². The van der Waals surface area contributed by atoms with Crippen molar-refractivity contribution in [3.8, 4) is 0 Å². The molecule has 0 aliphatic rings. The van der Waals surface area contributed by atoms with E-state index < -0.39 is 1.43 Å². The number of hydrogen-bond acceptors (Lipinski definition) is 2. The molecule has 1 aromatic carbocycles. The van der Waals surface area contributed by atoms with Gasteiger partial charge in [0, 0.05) is 0 Å². The lowest BCUT2D eigenvalue weighted by atomic mass is 10.2. The smallest absolute Gasteiger partial charge is 0.346 e. The summed E-state index contributed by atoms with van der Waals surface area (Å²) in [7, 11) is 0. The van der Waals surface area contributed by atoms with Crippen molar-refractivity contribution >= 4 is 74.2 Å². The van der Waals surface area contributed by atoms with Gasteiger partial charge < -0.3 is 3.07 Å². The van der Waals surface area contributed by atoms with Crippen LogP contribution in [0.1, 0.15) is 5.56 Å². The quantitative estimate of drug-likeness (QED) is 0.446. The average Bonchev–Trinajstić information content (AvgIpc) is 2.18. The summed E-state index contributed by atoms with van der Waals surface area (Å²) in [6.45, 7) is 0. The third kappa shape index (κ3) is 2.91. The number of carbonyl (C=O) groups excluding carboxylic acids is 1. The van der Waals surface area contributed by atoms with Crippen LogP contribution in [0, 0.1) is 0 Å². The van der Waals surface area contributed by atoms with Crippen molar-refractivity contribution in [2.45, 2.75) is 1.43 Å². The number of alkyl halides is 2. The Morgan fingerprint density at radius 2 is 1.77 bits per heavy atom. The van der Waals surface area contributed by atoms with E-state index >= 15 is 0 Å². The van der Waals surface area contributed by atoms with Gasteiger partial charge in [-0.1, -0.05) is 30.3 Å². The molecule has 0 N–H and O–H groups in total. The Hall–Kier alpha value is 0.880. The zero-order chi connectivity index (χ0) is 9.90. The maximum atomic E-state index is 11.4. The first-order chi connectivity index (χ1) is 6.09. The zero-order valence-electron chi connectivity index (χ0n) is 6.34. The molecule has 2 nitrogen and oxygen atoms in total. The highest BCUT2D eigenvalue weighted by Crippen LogP contribution is 2.40. The molecule has 0 saturated heterocycles. The summed E-state index contributed by atoms with van der Waals surface area (Å²) >= 11 is 5.76. The van der Waals surface area contributed by atoms with E-state index in [0.717, 1.165) is 5.56 Å². The molecule has 0 spiro atoms. The third-order valence-corrected chi connectivity index (χ3v) is 3.99. The van der Waals surface area contributed by atoms with Gasteiger partial charge in [-0.3, -0.25) is 0 Å². The molecule has 5 heteroatoms. The van der Waals surface area contributed by atoms with E-state index in [4.69, 9.17) is 0 Å². The summed E-state index contributed by atoms with van der Waals surface area (Å²) in [6.07, 6.45) is 0. The summed E-state index contributed by atoms with van der Waals surface area (Å²) in [5.41, 5.74) is 0.942. The standard InChI is InChI=1S/C8H5I3O2/c9-8(10,7(12)13-11)6-4-2-1-3-5-6/h1-5H. The van der Waals surface area contributed by atoms with Crippen molar-refractivity contribution in [1.82, 2.24) is 0 Å². The Morgan fingerprint density at radius 1 is 1.23 bits per heavy atom. The topological polar surface area (TPSA) is 26.3 Å². The minimum Gasteiger partial charge on any atom is -0.393 e. The third-order valence-electron chi connectivity index (χ3n) is 1.46. The molecular formula is C8H5I3O2. The summed E-state index contributed by atoms with van der Waals surface area (Å²) < 4.78 is 4.06. The second-order valence-corrected chi connectivity index (χ2v) is 8.05. The van der Waals surface area contributed by atoms with Gasteiger partial charge in [0.25, 0.3) is 0 Å². The number of hydrogen-bond donors (Lipinski definition) is 0. The molecule has 13 heavy (non-hydrogen) atoms. The number of rotatable bonds is 2. The molecule has 0 aliphatic carbocycles. The lowest BCUT2D eigenvalue weighted by Crippen LogP contribution is -2.21. The van der Waals surface area contributed by atoms with Gasteiger partial charge in [-0.2, -0.15) is 0 Å². The van der Waals surface area contributed by atoms with Crippen LogP contribution in [0.3, 0.4) is 0 Å². The van der Waals surface area contributed by atoms with Crippen molar-refractivity contribution in [3.63, 3.8) is 0 Å². The monoisotopic (exact) mass is 514 g/mol.